The zero-order valence-electron chi connectivity index (χ0n) is 13.3. The minimum absolute atomic E-state index is 0.0120. The molecule has 1 aromatic carbocycles. The van der Waals surface area contributed by atoms with E-state index < -0.39 is 0 Å². The highest BCUT2D eigenvalue weighted by Crippen LogP contribution is 2.20. The van der Waals surface area contributed by atoms with Crippen molar-refractivity contribution in [2.24, 2.45) is 0 Å². The summed E-state index contributed by atoms with van der Waals surface area (Å²) < 4.78 is 5.55. The Balaban J connectivity index is 2.03. The van der Waals surface area contributed by atoms with E-state index in [9.17, 15) is 0 Å². The minimum atomic E-state index is 0.0120. The molecule has 1 heterocycles. The fourth-order valence-corrected chi connectivity index (χ4v) is 2.34. The molecular weight excluding hydrogens is 278 g/mol. The number of hydrogen-bond donors (Lipinski definition) is 2. The molecule has 118 valence electrons. The molecule has 0 bridgehead atoms. The first-order valence-corrected chi connectivity index (χ1v) is 7.47. The summed E-state index contributed by atoms with van der Waals surface area (Å²) in [7, 11) is 0. The molecule has 0 aliphatic heterocycles. The van der Waals surface area contributed by atoms with Crippen LogP contribution in [0.3, 0.4) is 0 Å². The summed E-state index contributed by atoms with van der Waals surface area (Å²) in [4.78, 5) is 8.67. The number of nitrogens with one attached hydrogen (secondary N) is 1. The standard InChI is InChI=1S/C17H23N3O2/c1-12(16-11-19-14(3)20-13(16)2)18-10-15-6-4-5-7-17(15)22-9-8-21/h4-7,11-12,18,21H,8-10H2,1-3H3. The number of nitrogens with zero attached hydrogens (tertiary/aromatic N) is 2. The number of aliphatic hydroxyl groups is 1. The van der Waals surface area contributed by atoms with Crippen LogP contribution in [0.5, 0.6) is 5.75 Å². The van der Waals surface area contributed by atoms with E-state index >= 15 is 0 Å². The smallest absolute Gasteiger partial charge is 0.125 e. The zero-order valence-corrected chi connectivity index (χ0v) is 13.3. The van der Waals surface area contributed by atoms with Gasteiger partial charge in [-0.2, -0.15) is 0 Å². The molecule has 2 rings (SSSR count). The van der Waals surface area contributed by atoms with Crippen molar-refractivity contribution in [3.05, 3.63) is 53.1 Å². The van der Waals surface area contributed by atoms with Gasteiger partial charge in [0.25, 0.3) is 0 Å². The number of benzene rings is 1. The number of rotatable bonds is 7. The van der Waals surface area contributed by atoms with Gasteiger partial charge in [-0.05, 0) is 26.8 Å². The highest BCUT2D eigenvalue weighted by molar-refractivity contribution is 5.33. The second kappa shape index (κ2) is 7.87. The van der Waals surface area contributed by atoms with Crippen LogP contribution in [0.2, 0.25) is 0 Å². The molecule has 0 saturated carbocycles. The molecule has 0 aliphatic carbocycles. The predicted octanol–water partition coefficient (Wildman–Crippen LogP) is 2.32. The highest BCUT2D eigenvalue weighted by Gasteiger charge is 2.11. The van der Waals surface area contributed by atoms with E-state index in [1.165, 1.54) is 0 Å². The molecule has 0 fully saturated rings. The maximum absolute atomic E-state index is 8.88. The van der Waals surface area contributed by atoms with Crippen molar-refractivity contribution < 1.29 is 9.84 Å². The van der Waals surface area contributed by atoms with Gasteiger partial charge in [0, 0.05) is 35.6 Å². The van der Waals surface area contributed by atoms with Gasteiger partial charge in [0.2, 0.25) is 0 Å². The van der Waals surface area contributed by atoms with E-state index in [1.807, 2.05) is 44.3 Å². The molecule has 1 unspecified atom stereocenters. The summed E-state index contributed by atoms with van der Waals surface area (Å²) in [6, 6.07) is 7.99. The summed E-state index contributed by atoms with van der Waals surface area (Å²) >= 11 is 0. The van der Waals surface area contributed by atoms with E-state index in [2.05, 4.69) is 22.2 Å². The van der Waals surface area contributed by atoms with Crippen molar-refractivity contribution in [2.75, 3.05) is 13.2 Å². The average Bonchev–Trinajstić information content (AvgIpc) is 2.51. The lowest BCUT2D eigenvalue weighted by molar-refractivity contribution is 0.200. The number of aryl methyl sites for hydroxylation is 2. The van der Waals surface area contributed by atoms with E-state index in [0.717, 1.165) is 28.4 Å². The summed E-state index contributed by atoms with van der Waals surface area (Å²) in [5, 5.41) is 12.4. The summed E-state index contributed by atoms with van der Waals surface area (Å²) in [5.74, 6) is 1.59. The molecule has 1 aromatic heterocycles. The van der Waals surface area contributed by atoms with Gasteiger partial charge in [0.05, 0.1) is 6.61 Å². The first-order chi connectivity index (χ1) is 10.6. The maximum Gasteiger partial charge on any atom is 0.125 e. The first kappa shape index (κ1) is 16.4. The lowest BCUT2D eigenvalue weighted by Crippen LogP contribution is -2.20. The fourth-order valence-electron chi connectivity index (χ4n) is 2.34. The quantitative estimate of drug-likeness (QED) is 0.821. The highest BCUT2D eigenvalue weighted by atomic mass is 16.5. The van der Waals surface area contributed by atoms with Crippen molar-refractivity contribution >= 4 is 0 Å². The molecular formula is C17H23N3O2. The molecule has 0 amide bonds. The van der Waals surface area contributed by atoms with Gasteiger partial charge in [-0.25, -0.2) is 9.97 Å². The Bertz CT molecular complexity index is 617. The molecule has 1 atom stereocenters. The first-order valence-electron chi connectivity index (χ1n) is 7.47. The van der Waals surface area contributed by atoms with Gasteiger partial charge < -0.3 is 15.2 Å². The van der Waals surface area contributed by atoms with Crippen LogP contribution in [0.4, 0.5) is 0 Å². The number of para-hydroxylation sites is 1. The van der Waals surface area contributed by atoms with Gasteiger partial charge in [-0.1, -0.05) is 18.2 Å². The average molecular weight is 301 g/mol. The van der Waals surface area contributed by atoms with Crippen LogP contribution < -0.4 is 10.1 Å². The Morgan fingerprint density at radius 2 is 2.05 bits per heavy atom. The number of ether oxygens (including phenoxy) is 1. The number of hydrogen-bond acceptors (Lipinski definition) is 5. The van der Waals surface area contributed by atoms with Crippen LogP contribution in [-0.4, -0.2) is 28.3 Å². The molecule has 5 nitrogen and oxygen atoms in total. The Morgan fingerprint density at radius 1 is 1.27 bits per heavy atom. The van der Waals surface area contributed by atoms with Crippen molar-refractivity contribution in [3.63, 3.8) is 0 Å². The van der Waals surface area contributed by atoms with Gasteiger partial charge in [-0.15, -0.1) is 0 Å². The largest absolute Gasteiger partial charge is 0.491 e. The molecule has 2 aromatic rings. The van der Waals surface area contributed by atoms with Gasteiger partial charge in [-0.3, -0.25) is 0 Å². The Hall–Kier alpha value is -1.98. The van der Waals surface area contributed by atoms with Crippen LogP contribution in [-0.2, 0) is 6.54 Å². The molecule has 2 N–H and O–H groups in total. The van der Waals surface area contributed by atoms with E-state index in [-0.39, 0.29) is 12.6 Å². The maximum atomic E-state index is 8.88. The molecule has 0 aliphatic rings. The lowest BCUT2D eigenvalue weighted by Gasteiger charge is -2.17. The van der Waals surface area contributed by atoms with Gasteiger partial charge in [0.15, 0.2) is 0 Å². The zero-order chi connectivity index (χ0) is 15.9. The van der Waals surface area contributed by atoms with Crippen LogP contribution in [0.1, 0.15) is 35.6 Å². The number of aromatic nitrogens is 2. The SMILES string of the molecule is Cc1ncc(C(C)NCc2ccccc2OCCO)c(C)n1. The Labute approximate surface area is 131 Å². The number of aliphatic hydroxyl groups excluding tert-OH is 1. The fraction of sp³-hybridized carbons (Fsp3) is 0.412. The molecule has 0 spiro atoms. The third-order valence-corrected chi connectivity index (χ3v) is 3.52. The summed E-state index contributed by atoms with van der Waals surface area (Å²) in [5.41, 5.74) is 3.16. The van der Waals surface area contributed by atoms with E-state index in [0.29, 0.717) is 13.2 Å². The van der Waals surface area contributed by atoms with Crippen molar-refractivity contribution in [1.82, 2.24) is 15.3 Å². The Morgan fingerprint density at radius 3 is 2.77 bits per heavy atom. The topological polar surface area (TPSA) is 67.3 Å². The summed E-state index contributed by atoms with van der Waals surface area (Å²) in [6.45, 7) is 6.98. The molecule has 5 heteroatoms. The third kappa shape index (κ3) is 4.26. The molecule has 0 radical (unpaired) electrons. The van der Waals surface area contributed by atoms with Crippen molar-refractivity contribution in [3.8, 4) is 5.75 Å². The monoisotopic (exact) mass is 301 g/mol. The summed E-state index contributed by atoms with van der Waals surface area (Å²) in [6.07, 6.45) is 1.88. The predicted molar refractivity (Wildman–Crippen MR) is 85.8 cm³/mol. The van der Waals surface area contributed by atoms with Crippen molar-refractivity contribution in [1.29, 1.82) is 0 Å². The van der Waals surface area contributed by atoms with Gasteiger partial charge >= 0.3 is 0 Å². The van der Waals surface area contributed by atoms with Crippen LogP contribution in [0, 0.1) is 13.8 Å². The third-order valence-electron chi connectivity index (χ3n) is 3.52. The second-order valence-corrected chi connectivity index (χ2v) is 5.24. The normalized spacial score (nSPS) is 12.2. The Kier molecular flexibility index (Phi) is 5.86. The van der Waals surface area contributed by atoms with Crippen molar-refractivity contribution in [2.45, 2.75) is 33.4 Å². The van der Waals surface area contributed by atoms with Crippen LogP contribution in [0.15, 0.2) is 30.5 Å². The molecule has 0 saturated heterocycles. The van der Waals surface area contributed by atoms with E-state index in [1.54, 1.807) is 0 Å². The van der Waals surface area contributed by atoms with Gasteiger partial charge in [0.1, 0.15) is 18.2 Å². The lowest BCUT2D eigenvalue weighted by atomic mass is 10.1. The van der Waals surface area contributed by atoms with Crippen LogP contribution in [0.25, 0.3) is 0 Å². The molecule has 22 heavy (non-hydrogen) atoms. The van der Waals surface area contributed by atoms with Crippen LogP contribution >= 0.6 is 0 Å². The second-order valence-electron chi connectivity index (χ2n) is 5.24. The minimum Gasteiger partial charge on any atom is -0.491 e. The van der Waals surface area contributed by atoms with E-state index in [4.69, 9.17) is 9.84 Å².